The van der Waals surface area contributed by atoms with Crippen LogP contribution in [0, 0.1) is 0 Å². The highest BCUT2D eigenvalue weighted by Crippen LogP contribution is 2.38. The number of phenolic OH excluding ortho intramolecular Hbond substituents is 2. The van der Waals surface area contributed by atoms with Gasteiger partial charge in [-0.25, -0.2) is 9.80 Å². The van der Waals surface area contributed by atoms with E-state index in [1.165, 1.54) is 72.8 Å². The molecular weight excluding hydrogens is 559 g/mol. The molecule has 2 aliphatic rings. The molecule has 0 unspecified atom stereocenters. The van der Waals surface area contributed by atoms with Crippen molar-refractivity contribution in [3.05, 3.63) is 116 Å². The van der Waals surface area contributed by atoms with Crippen molar-refractivity contribution in [3.8, 4) is 11.5 Å². The number of benzene rings is 4. The predicted molar refractivity (Wildman–Crippen MR) is 145 cm³/mol. The van der Waals surface area contributed by atoms with Gasteiger partial charge >= 0.3 is 0 Å². The summed E-state index contributed by atoms with van der Waals surface area (Å²) in [6, 6.07) is 15.8. The van der Waals surface area contributed by atoms with Crippen LogP contribution in [0.25, 0.3) is 0 Å². The molecule has 4 aromatic carbocycles. The molecule has 196 valence electrons. The lowest BCUT2D eigenvalue weighted by Gasteiger charge is -2.15. The first-order chi connectivity index (χ1) is 19.1. The predicted octanol–water partition coefficient (Wildman–Crippen LogP) is 5.24. The van der Waals surface area contributed by atoms with Gasteiger partial charge in [-0.1, -0.05) is 35.3 Å². The molecule has 4 aromatic rings. The second-order valence-electron chi connectivity index (χ2n) is 9.01. The Morgan fingerprint density at radius 2 is 0.900 bits per heavy atom. The van der Waals surface area contributed by atoms with Gasteiger partial charge in [0.25, 0.3) is 23.6 Å². The SMILES string of the molecule is O=C(c1ccc2c(c1)C(=O)N(c1cc(Cl)ccc1O)C2=O)c1ccc2c(c1)C(=O)N(c1cc(Cl)ccc1O)C2=O. The summed E-state index contributed by atoms with van der Waals surface area (Å²) >= 11 is 12.0. The van der Waals surface area contributed by atoms with Crippen molar-refractivity contribution in [3.63, 3.8) is 0 Å². The molecule has 0 aliphatic carbocycles. The average Bonchev–Trinajstić information content (AvgIpc) is 3.34. The lowest BCUT2D eigenvalue weighted by molar-refractivity contribution is 0.0909. The second kappa shape index (κ2) is 9.04. The number of amides is 4. The van der Waals surface area contributed by atoms with Crippen LogP contribution in [0.15, 0.2) is 72.8 Å². The minimum Gasteiger partial charge on any atom is -0.506 e. The summed E-state index contributed by atoms with van der Waals surface area (Å²) < 4.78 is 0. The van der Waals surface area contributed by atoms with E-state index in [2.05, 4.69) is 0 Å². The van der Waals surface area contributed by atoms with Gasteiger partial charge in [-0.2, -0.15) is 0 Å². The van der Waals surface area contributed by atoms with Gasteiger partial charge in [0.1, 0.15) is 11.5 Å². The normalized spacial score (nSPS) is 14.2. The summed E-state index contributed by atoms with van der Waals surface area (Å²) in [6.07, 6.45) is 0. The summed E-state index contributed by atoms with van der Waals surface area (Å²) in [7, 11) is 0. The molecule has 2 N–H and O–H groups in total. The highest BCUT2D eigenvalue weighted by atomic mass is 35.5. The van der Waals surface area contributed by atoms with E-state index >= 15 is 0 Å². The van der Waals surface area contributed by atoms with Crippen molar-refractivity contribution >= 4 is 64.0 Å². The van der Waals surface area contributed by atoms with Crippen LogP contribution >= 0.6 is 23.2 Å². The zero-order valence-electron chi connectivity index (χ0n) is 20.0. The Hall–Kier alpha value is -4.99. The first kappa shape index (κ1) is 25.3. The Kier molecular flexibility index (Phi) is 5.72. The van der Waals surface area contributed by atoms with Gasteiger partial charge in [0.15, 0.2) is 5.78 Å². The lowest BCUT2D eigenvalue weighted by atomic mass is 9.96. The first-order valence-electron chi connectivity index (χ1n) is 11.6. The van der Waals surface area contributed by atoms with Crippen LogP contribution in [0.2, 0.25) is 10.0 Å². The van der Waals surface area contributed by atoms with Crippen molar-refractivity contribution in [1.82, 2.24) is 0 Å². The number of fused-ring (bicyclic) bond motifs is 2. The Morgan fingerprint density at radius 1 is 0.525 bits per heavy atom. The molecular formula is C29H14Cl2N2O7. The number of carbonyl (C=O) groups is 5. The van der Waals surface area contributed by atoms with Gasteiger partial charge in [0.2, 0.25) is 0 Å². The van der Waals surface area contributed by atoms with Crippen molar-refractivity contribution < 1.29 is 34.2 Å². The number of halogens is 2. The molecule has 11 heteroatoms. The lowest BCUT2D eigenvalue weighted by Crippen LogP contribution is -2.29. The fraction of sp³-hybridized carbons (Fsp3) is 0. The maximum Gasteiger partial charge on any atom is 0.266 e. The first-order valence-corrected chi connectivity index (χ1v) is 12.4. The summed E-state index contributed by atoms with van der Waals surface area (Å²) in [4.78, 5) is 67.2. The Bertz CT molecular complexity index is 1730. The van der Waals surface area contributed by atoms with Gasteiger partial charge in [-0.05, 0) is 60.7 Å². The molecule has 0 saturated heterocycles. The number of nitrogens with zero attached hydrogens (tertiary/aromatic N) is 2. The van der Waals surface area contributed by atoms with Crippen LogP contribution in [0.4, 0.5) is 11.4 Å². The number of rotatable bonds is 4. The third-order valence-electron chi connectivity index (χ3n) is 6.65. The fourth-order valence-corrected chi connectivity index (χ4v) is 5.05. The van der Waals surface area contributed by atoms with Crippen molar-refractivity contribution in [1.29, 1.82) is 0 Å². The summed E-state index contributed by atoms with van der Waals surface area (Å²) in [5.41, 5.74) is -0.112. The van der Waals surface area contributed by atoms with E-state index in [4.69, 9.17) is 23.2 Å². The van der Waals surface area contributed by atoms with Gasteiger partial charge in [0, 0.05) is 21.2 Å². The van der Waals surface area contributed by atoms with E-state index in [0.717, 1.165) is 9.80 Å². The molecule has 0 bridgehead atoms. The number of aromatic hydroxyl groups is 2. The third kappa shape index (κ3) is 3.75. The molecule has 2 heterocycles. The topological polar surface area (TPSA) is 132 Å². The van der Waals surface area contributed by atoms with E-state index in [1.54, 1.807) is 0 Å². The maximum absolute atomic E-state index is 13.4. The highest BCUT2D eigenvalue weighted by Gasteiger charge is 2.40. The van der Waals surface area contributed by atoms with Gasteiger partial charge in [-0.15, -0.1) is 0 Å². The molecule has 4 amide bonds. The molecule has 40 heavy (non-hydrogen) atoms. The molecule has 0 atom stereocenters. The monoisotopic (exact) mass is 572 g/mol. The number of ketones is 1. The van der Waals surface area contributed by atoms with E-state index in [0.29, 0.717) is 0 Å². The summed E-state index contributed by atoms with van der Waals surface area (Å²) in [5, 5.41) is 20.8. The number of imide groups is 2. The van der Waals surface area contributed by atoms with Gasteiger partial charge in [-0.3, -0.25) is 24.0 Å². The fourth-order valence-electron chi connectivity index (χ4n) is 4.72. The molecule has 0 saturated carbocycles. The molecule has 6 rings (SSSR count). The Morgan fingerprint density at radius 3 is 1.30 bits per heavy atom. The quantitative estimate of drug-likeness (QED) is 0.252. The van der Waals surface area contributed by atoms with Crippen molar-refractivity contribution in [2.75, 3.05) is 9.80 Å². The molecule has 0 aromatic heterocycles. The summed E-state index contributed by atoms with van der Waals surface area (Å²) in [6.45, 7) is 0. The number of carbonyl (C=O) groups excluding carboxylic acids is 5. The standard InChI is InChI=1S/C29H14Cl2N2O7/c30-15-3-7-23(34)21(11-15)32-26(37)17-5-1-13(9-19(17)28(32)39)25(36)14-2-6-18-20(10-14)29(40)33(27(18)38)22-12-16(31)4-8-24(22)35/h1-12,34-35H. The van der Waals surface area contributed by atoms with Crippen LogP contribution < -0.4 is 9.80 Å². The second-order valence-corrected chi connectivity index (χ2v) is 9.88. The molecule has 0 radical (unpaired) electrons. The van der Waals surface area contributed by atoms with Gasteiger partial charge in [0.05, 0.1) is 33.6 Å². The smallest absolute Gasteiger partial charge is 0.266 e. The van der Waals surface area contributed by atoms with Crippen LogP contribution in [-0.4, -0.2) is 39.6 Å². The van der Waals surface area contributed by atoms with Crippen LogP contribution in [0.3, 0.4) is 0 Å². The molecule has 0 fully saturated rings. The molecule has 0 spiro atoms. The highest BCUT2D eigenvalue weighted by molar-refractivity contribution is 6.37. The van der Waals surface area contributed by atoms with Crippen LogP contribution in [0.5, 0.6) is 11.5 Å². The number of hydrogen-bond acceptors (Lipinski definition) is 7. The number of anilines is 2. The maximum atomic E-state index is 13.4. The molecule has 9 nitrogen and oxygen atoms in total. The minimum absolute atomic E-state index is 0.0348. The Balaban J connectivity index is 1.33. The molecule has 2 aliphatic heterocycles. The van der Waals surface area contributed by atoms with E-state index in [1.807, 2.05) is 0 Å². The van der Waals surface area contributed by atoms with Crippen LogP contribution in [0.1, 0.15) is 57.4 Å². The number of phenols is 2. The van der Waals surface area contributed by atoms with E-state index < -0.39 is 29.4 Å². The minimum atomic E-state index is -0.751. The summed E-state index contributed by atoms with van der Waals surface area (Å²) in [5.74, 6) is -4.11. The number of hydrogen-bond donors (Lipinski definition) is 2. The zero-order valence-corrected chi connectivity index (χ0v) is 21.5. The van der Waals surface area contributed by atoms with Crippen LogP contribution in [-0.2, 0) is 0 Å². The largest absolute Gasteiger partial charge is 0.506 e. The zero-order chi connectivity index (χ0) is 28.5. The van der Waals surface area contributed by atoms with E-state index in [9.17, 15) is 34.2 Å². The Labute approximate surface area is 235 Å². The van der Waals surface area contributed by atoms with Crippen molar-refractivity contribution in [2.45, 2.75) is 0 Å². The van der Waals surface area contributed by atoms with Gasteiger partial charge < -0.3 is 10.2 Å². The average molecular weight is 573 g/mol. The third-order valence-corrected chi connectivity index (χ3v) is 7.12. The van der Waals surface area contributed by atoms with E-state index in [-0.39, 0.29) is 66.3 Å². The van der Waals surface area contributed by atoms with Crippen molar-refractivity contribution in [2.24, 2.45) is 0 Å².